The van der Waals surface area contributed by atoms with Crippen LogP contribution < -0.4 is 10.6 Å². The molecule has 3 N–H and O–H groups in total. The van der Waals surface area contributed by atoms with Gasteiger partial charge in [0.15, 0.2) is 10.2 Å². The molecular weight excluding hydrogens is 286 g/mol. The van der Waals surface area contributed by atoms with E-state index in [0.29, 0.717) is 10.7 Å². The second-order valence-electron chi connectivity index (χ2n) is 3.57. The van der Waals surface area contributed by atoms with Gasteiger partial charge in [-0.1, -0.05) is 16.5 Å². The lowest BCUT2D eigenvalue weighted by atomic mass is 10.4. The van der Waals surface area contributed by atoms with Crippen molar-refractivity contribution in [3.8, 4) is 0 Å². The summed E-state index contributed by atoms with van der Waals surface area (Å²) in [6.07, 6.45) is 2.97. The molecule has 0 aliphatic heterocycles. The quantitative estimate of drug-likeness (QED) is 0.366. The van der Waals surface area contributed by atoms with Crippen molar-refractivity contribution in [3.05, 3.63) is 18.1 Å². The van der Waals surface area contributed by atoms with Crippen molar-refractivity contribution in [2.75, 3.05) is 19.0 Å². The van der Waals surface area contributed by atoms with Crippen molar-refractivity contribution in [1.82, 2.24) is 20.2 Å². The lowest BCUT2D eigenvalue weighted by Gasteiger charge is -2.03. The molecule has 0 saturated carbocycles. The third kappa shape index (κ3) is 3.29. The van der Waals surface area contributed by atoms with Crippen molar-refractivity contribution >= 4 is 34.1 Å². The molecule has 19 heavy (non-hydrogen) atoms. The normalized spacial score (nSPS) is 11.6. The Morgan fingerprint density at radius 2 is 2.16 bits per heavy atom. The average Bonchev–Trinajstić information content (AvgIpc) is 2.87. The van der Waals surface area contributed by atoms with Crippen LogP contribution in [0.2, 0.25) is 0 Å². The molecule has 0 bridgehead atoms. The zero-order valence-corrected chi connectivity index (χ0v) is 11.8. The predicted octanol–water partition coefficient (Wildman–Crippen LogP) is 0.640. The molecule has 0 amide bonds. The molecule has 2 aromatic heterocycles. The molecule has 10 heteroatoms. The van der Waals surface area contributed by atoms with Gasteiger partial charge in [-0.3, -0.25) is 0 Å². The van der Waals surface area contributed by atoms with Crippen molar-refractivity contribution < 1.29 is 5.21 Å². The van der Waals surface area contributed by atoms with Gasteiger partial charge in [0.05, 0.1) is 12.4 Å². The summed E-state index contributed by atoms with van der Waals surface area (Å²) in [4.78, 5) is 10.1. The molecule has 0 aromatic carbocycles. The molecular formula is C9H11N7OS2. The summed E-state index contributed by atoms with van der Waals surface area (Å²) in [5, 5.41) is 20.9. The molecule has 0 fully saturated rings. The van der Waals surface area contributed by atoms with Gasteiger partial charge in [-0.25, -0.2) is 9.97 Å². The topological polar surface area (TPSA) is 113 Å². The third-order valence-corrected chi connectivity index (χ3v) is 4.03. The second kappa shape index (κ2) is 5.80. The van der Waals surface area contributed by atoms with Gasteiger partial charge in [-0.05, 0) is 11.8 Å². The van der Waals surface area contributed by atoms with Crippen LogP contribution in [0.1, 0.15) is 5.69 Å². The summed E-state index contributed by atoms with van der Waals surface area (Å²) >= 11 is 2.82. The highest BCUT2D eigenvalue weighted by Crippen LogP contribution is 2.31. The van der Waals surface area contributed by atoms with E-state index in [0.717, 1.165) is 9.47 Å². The second-order valence-corrected chi connectivity index (χ2v) is 5.80. The Bertz CT molecular complexity index is 581. The lowest BCUT2D eigenvalue weighted by Crippen LogP contribution is -2.15. The van der Waals surface area contributed by atoms with Gasteiger partial charge in [-0.15, -0.1) is 10.2 Å². The number of nitrogens with zero attached hydrogens (tertiary/aromatic N) is 6. The SMILES string of the molecule is CN(C)c1nnc(Sc2cnc(C(N)=NO)cn2)s1. The molecule has 2 heterocycles. The fraction of sp³-hybridized carbons (Fsp3) is 0.222. The molecule has 2 aromatic rings. The van der Waals surface area contributed by atoms with E-state index in [1.54, 1.807) is 0 Å². The number of anilines is 1. The smallest absolute Gasteiger partial charge is 0.208 e. The highest BCUT2D eigenvalue weighted by molar-refractivity contribution is 8.01. The summed E-state index contributed by atoms with van der Waals surface area (Å²) in [5.74, 6) is -0.0742. The van der Waals surface area contributed by atoms with Crippen LogP contribution in [0.4, 0.5) is 5.13 Å². The number of oxime groups is 1. The van der Waals surface area contributed by atoms with E-state index in [1.807, 2.05) is 19.0 Å². The number of hydrogen-bond acceptors (Lipinski definition) is 9. The minimum Gasteiger partial charge on any atom is -0.409 e. The summed E-state index contributed by atoms with van der Waals surface area (Å²) in [7, 11) is 3.81. The van der Waals surface area contributed by atoms with Gasteiger partial charge in [0, 0.05) is 14.1 Å². The fourth-order valence-corrected chi connectivity index (χ4v) is 2.69. The fourth-order valence-electron chi connectivity index (χ4n) is 1.07. The van der Waals surface area contributed by atoms with Crippen LogP contribution in [0.5, 0.6) is 0 Å². The van der Waals surface area contributed by atoms with Crippen molar-refractivity contribution in [1.29, 1.82) is 0 Å². The number of rotatable bonds is 4. The minimum atomic E-state index is -0.0742. The monoisotopic (exact) mass is 297 g/mol. The van der Waals surface area contributed by atoms with E-state index in [9.17, 15) is 0 Å². The van der Waals surface area contributed by atoms with Crippen molar-refractivity contribution in [2.24, 2.45) is 10.9 Å². The number of nitrogens with two attached hydrogens (primary N) is 1. The van der Waals surface area contributed by atoms with Crippen LogP contribution in [0.25, 0.3) is 0 Å². The Labute approximate surface area is 117 Å². The number of amidine groups is 1. The van der Waals surface area contributed by atoms with Crippen LogP contribution in [-0.2, 0) is 0 Å². The highest BCUT2D eigenvalue weighted by atomic mass is 32.2. The summed E-state index contributed by atoms with van der Waals surface area (Å²) in [6, 6.07) is 0. The Balaban J connectivity index is 2.10. The van der Waals surface area contributed by atoms with Crippen molar-refractivity contribution in [2.45, 2.75) is 9.37 Å². The van der Waals surface area contributed by atoms with Gasteiger partial charge in [0.1, 0.15) is 10.7 Å². The van der Waals surface area contributed by atoms with Gasteiger partial charge in [0.25, 0.3) is 0 Å². The highest BCUT2D eigenvalue weighted by Gasteiger charge is 2.09. The molecule has 0 spiro atoms. The van der Waals surface area contributed by atoms with E-state index in [-0.39, 0.29) is 5.84 Å². The largest absolute Gasteiger partial charge is 0.409 e. The molecule has 0 aliphatic rings. The standard InChI is InChI=1S/C9H11N7OS2/c1-16(2)8-13-14-9(19-8)18-6-4-11-5(3-12-6)7(10)15-17/h3-4,17H,1-2H3,(H2,10,15). The first-order chi connectivity index (χ1) is 9.10. The van der Waals surface area contributed by atoms with Gasteiger partial charge in [0.2, 0.25) is 5.13 Å². The summed E-state index contributed by atoms with van der Waals surface area (Å²) < 4.78 is 0.773. The summed E-state index contributed by atoms with van der Waals surface area (Å²) in [6.45, 7) is 0. The molecule has 8 nitrogen and oxygen atoms in total. The van der Waals surface area contributed by atoms with E-state index in [4.69, 9.17) is 10.9 Å². The van der Waals surface area contributed by atoms with Crippen molar-refractivity contribution in [3.63, 3.8) is 0 Å². The Hall–Kier alpha value is -1.94. The third-order valence-electron chi connectivity index (χ3n) is 1.97. The maximum atomic E-state index is 8.52. The Morgan fingerprint density at radius 1 is 1.37 bits per heavy atom. The van der Waals surface area contributed by atoms with Gasteiger partial charge < -0.3 is 15.8 Å². The average molecular weight is 297 g/mol. The zero-order valence-electron chi connectivity index (χ0n) is 10.2. The maximum Gasteiger partial charge on any atom is 0.208 e. The van der Waals surface area contributed by atoms with Gasteiger partial charge in [-0.2, -0.15) is 0 Å². The summed E-state index contributed by atoms with van der Waals surface area (Å²) in [5.41, 5.74) is 5.72. The van der Waals surface area contributed by atoms with Crippen LogP contribution >= 0.6 is 23.1 Å². The van der Waals surface area contributed by atoms with Crippen LogP contribution in [-0.4, -0.2) is 45.3 Å². The molecule has 0 unspecified atom stereocenters. The van der Waals surface area contributed by atoms with Crippen LogP contribution in [0, 0.1) is 0 Å². The van der Waals surface area contributed by atoms with Crippen LogP contribution in [0.3, 0.4) is 0 Å². The molecule has 100 valence electrons. The molecule has 0 radical (unpaired) electrons. The molecule has 0 saturated heterocycles. The van der Waals surface area contributed by atoms with E-state index >= 15 is 0 Å². The minimum absolute atomic E-state index is 0.0742. The molecule has 0 aliphatic carbocycles. The predicted molar refractivity (Wildman–Crippen MR) is 72.9 cm³/mol. The van der Waals surface area contributed by atoms with Crippen LogP contribution in [0.15, 0.2) is 26.9 Å². The first-order valence-corrected chi connectivity index (χ1v) is 6.72. The lowest BCUT2D eigenvalue weighted by molar-refractivity contribution is 0.318. The van der Waals surface area contributed by atoms with E-state index in [2.05, 4.69) is 25.3 Å². The molecule has 2 rings (SSSR count). The molecule has 0 atom stereocenters. The van der Waals surface area contributed by atoms with E-state index in [1.165, 1.54) is 35.5 Å². The number of aromatic nitrogens is 4. The Morgan fingerprint density at radius 3 is 2.68 bits per heavy atom. The van der Waals surface area contributed by atoms with E-state index < -0.39 is 0 Å². The zero-order chi connectivity index (χ0) is 13.8. The number of hydrogen-bond donors (Lipinski definition) is 2. The maximum absolute atomic E-state index is 8.52. The van der Waals surface area contributed by atoms with Gasteiger partial charge >= 0.3 is 0 Å². The Kier molecular flexibility index (Phi) is 4.12. The first-order valence-electron chi connectivity index (χ1n) is 5.08. The first kappa shape index (κ1) is 13.5.